The summed E-state index contributed by atoms with van der Waals surface area (Å²) in [6.07, 6.45) is 1.77. The van der Waals surface area contributed by atoms with Gasteiger partial charge in [0.1, 0.15) is 17.0 Å². The molecule has 7 heteroatoms. The lowest BCUT2D eigenvalue weighted by atomic mass is 9.97. The number of nitrogens with one attached hydrogen (secondary N) is 1. The number of ether oxygens (including phenoxy) is 2. The van der Waals surface area contributed by atoms with Gasteiger partial charge in [0.05, 0.1) is 20.1 Å². The van der Waals surface area contributed by atoms with Crippen LogP contribution in [-0.4, -0.2) is 38.2 Å². The summed E-state index contributed by atoms with van der Waals surface area (Å²) in [6, 6.07) is 13.9. The number of rotatable bonds is 6. The molecule has 0 aliphatic carbocycles. The van der Waals surface area contributed by atoms with Gasteiger partial charge in [0.2, 0.25) is 5.91 Å². The van der Waals surface area contributed by atoms with E-state index in [4.69, 9.17) is 13.9 Å². The zero-order valence-corrected chi connectivity index (χ0v) is 16.7. The zero-order valence-electron chi connectivity index (χ0n) is 16.7. The Labute approximate surface area is 169 Å². The SMILES string of the molecule is COc1ccc(CNC(=O)[C@@H]2CCCN(c3nc4ccccc4o3)C2)c(OC)c1. The van der Waals surface area contributed by atoms with Crippen LogP contribution in [0.2, 0.25) is 0 Å². The number of hydrogen-bond acceptors (Lipinski definition) is 6. The molecule has 0 bridgehead atoms. The smallest absolute Gasteiger partial charge is 0.298 e. The second-order valence-corrected chi connectivity index (χ2v) is 7.14. The monoisotopic (exact) mass is 395 g/mol. The van der Waals surface area contributed by atoms with Crippen molar-refractivity contribution < 1.29 is 18.7 Å². The van der Waals surface area contributed by atoms with Crippen molar-refractivity contribution in [3.63, 3.8) is 0 Å². The number of methoxy groups -OCH3 is 2. The number of piperidine rings is 1. The van der Waals surface area contributed by atoms with E-state index in [1.165, 1.54) is 0 Å². The van der Waals surface area contributed by atoms with Crippen molar-refractivity contribution in [2.45, 2.75) is 19.4 Å². The van der Waals surface area contributed by atoms with E-state index < -0.39 is 0 Å². The van der Waals surface area contributed by atoms with E-state index in [9.17, 15) is 4.79 Å². The molecule has 7 nitrogen and oxygen atoms in total. The molecule has 0 saturated carbocycles. The summed E-state index contributed by atoms with van der Waals surface area (Å²) in [4.78, 5) is 19.4. The molecule has 29 heavy (non-hydrogen) atoms. The molecule has 0 spiro atoms. The number of hydrogen-bond donors (Lipinski definition) is 1. The normalized spacial score (nSPS) is 16.6. The van der Waals surface area contributed by atoms with Crippen molar-refractivity contribution >= 4 is 23.0 Å². The summed E-state index contributed by atoms with van der Waals surface area (Å²) in [7, 11) is 3.22. The van der Waals surface area contributed by atoms with Crippen LogP contribution in [0.4, 0.5) is 6.01 Å². The molecule has 1 saturated heterocycles. The molecule has 1 fully saturated rings. The quantitative estimate of drug-likeness (QED) is 0.690. The first-order valence-electron chi connectivity index (χ1n) is 9.77. The number of fused-ring (bicyclic) bond motifs is 1. The number of carbonyl (C=O) groups excluding carboxylic acids is 1. The average molecular weight is 395 g/mol. The van der Waals surface area contributed by atoms with Crippen LogP contribution in [0, 0.1) is 5.92 Å². The third kappa shape index (κ3) is 4.13. The molecule has 1 N–H and O–H groups in total. The summed E-state index contributed by atoms with van der Waals surface area (Å²) in [5.74, 6) is 1.34. The standard InChI is InChI=1S/C22H25N3O4/c1-27-17-10-9-15(20(12-17)28-2)13-23-21(26)16-6-5-11-25(14-16)22-24-18-7-3-4-8-19(18)29-22/h3-4,7-10,12,16H,5-6,11,13-14H2,1-2H3,(H,23,26)/t16-/m1/s1. The van der Waals surface area contributed by atoms with Crippen LogP contribution in [-0.2, 0) is 11.3 Å². The fourth-order valence-corrected chi connectivity index (χ4v) is 3.68. The Morgan fingerprint density at radius 2 is 2.10 bits per heavy atom. The van der Waals surface area contributed by atoms with Gasteiger partial charge in [-0.2, -0.15) is 4.98 Å². The maximum atomic E-state index is 12.8. The highest BCUT2D eigenvalue weighted by atomic mass is 16.5. The van der Waals surface area contributed by atoms with Gasteiger partial charge in [0.15, 0.2) is 5.58 Å². The van der Waals surface area contributed by atoms with Gasteiger partial charge in [-0.05, 0) is 37.1 Å². The highest BCUT2D eigenvalue weighted by Gasteiger charge is 2.28. The van der Waals surface area contributed by atoms with Crippen LogP contribution in [0.25, 0.3) is 11.1 Å². The van der Waals surface area contributed by atoms with Crippen molar-refractivity contribution in [3.05, 3.63) is 48.0 Å². The van der Waals surface area contributed by atoms with Gasteiger partial charge >= 0.3 is 0 Å². The molecule has 2 heterocycles. The van der Waals surface area contributed by atoms with Crippen molar-refractivity contribution in [3.8, 4) is 11.5 Å². The van der Waals surface area contributed by atoms with E-state index in [-0.39, 0.29) is 11.8 Å². The first kappa shape index (κ1) is 19.1. The molecule has 1 atom stereocenters. The third-order valence-corrected chi connectivity index (χ3v) is 5.29. The number of para-hydroxylation sites is 2. The van der Waals surface area contributed by atoms with Crippen molar-refractivity contribution in [2.24, 2.45) is 5.92 Å². The number of carbonyl (C=O) groups is 1. The van der Waals surface area contributed by atoms with E-state index in [1.54, 1.807) is 14.2 Å². The van der Waals surface area contributed by atoms with Gasteiger partial charge in [0, 0.05) is 31.3 Å². The minimum absolute atomic E-state index is 0.0312. The van der Waals surface area contributed by atoms with E-state index in [2.05, 4.69) is 15.2 Å². The highest BCUT2D eigenvalue weighted by molar-refractivity contribution is 5.80. The number of oxazole rings is 1. The molecule has 0 unspecified atom stereocenters. The predicted octanol–water partition coefficient (Wildman–Crippen LogP) is 3.38. The predicted molar refractivity (Wildman–Crippen MR) is 110 cm³/mol. The summed E-state index contributed by atoms with van der Waals surface area (Å²) < 4.78 is 16.5. The Morgan fingerprint density at radius 3 is 2.90 bits per heavy atom. The molecule has 1 aromatic heterocycles. The Morgan fingerprint density at radius 1 is 1.24 bits per heavy atom. The lowest BCUT2D eigenvalue weighted by molar-refractivity contribution is -0.125. The summed E-state index contributed by atoms with van der Waals surface area (Å²) >= 11 is 0. The van der Waals surface area contributed by atoms with E-state index >= 15 is 0 Å². The Bertz CT molecular complexity index is 968. The molecule has 1 amide bonds. The van der Waals surface area contributed by atoms with E-state index in [1.807, 2.05) is 42.5 Å². The van der Waals surface area contributed by atoms with Gasteiger partial charge in [0.25, 0.3) is 6.01 Å². The number of nitrogens with zero attached hydrogens (tertiary/aromatic N) is 2. The zero-order chi connectivity index (χ0) is 20.2. The Hall–Kier alpha value is -3.22. The first-order valence-corrected chi connectivity index (χ1v) is 9.77. The van der Waals surface area contributed by atoms with E-state index in [0.29, 0.717) is 24.9 Å². The molecule has 1 aliphatic rings. The average Bonchev–Trinajstić information content (AvgIpc) is 3.22. The van der Waals surface area contributed by atoms with Crippen LogP contribution >= 0.6 is 0 Å². The lowest BCUT2D eigenvalue weighted by Gasteiger charge is -2.30. The summed E-state index contributed by atoms with van der Waals surface area (Å²) in [5, 5.41) is 3.04. The van der Waals surface area contributed by atoms with Gasteiger partial charge in [-0.25, -0.2) is 0 Å². The molecular weight excluding hydrogens is 370 g/mol. The third-order valence-electron chi connectivity index (χ3n) is 5.29. The second-order valence-electron chi connectivity index (χ2n) is 7.14. The Balaban J connectivity index is 1.40. The van der Waals surface area contributed by atoms with Crippen molar-refractivity contribution in [1.82, 2.24) is 10.3 Å². The topological polar surface area (TPSA) is 76.8 Å². The van der Waals surface area contributed by atoms with E-state index in [0.717, 1.165) is 41.8 Å². The molecule has 2 aromatic carbocycles. The number of benzene rings is 2. The van der Waals surface area contributed by atoms with Gasteiger partial charge in [-0.1, -0.05) is 12.1 Å². The minimum atomic E-state index is -0.108. The minimum Gasteiger partial charge on any atom is -0.497 e. The van der Waals surface area contributed by atoms with Crippen LogP contribution < -0.4 is 19.7 Å². The largest absolute Gasteiger partial charge is 0.497 e. The van der Waals surface area contributed by atoms with Crippen LogP contribution in [0.3, 0.4) is 0 Å². The second kappa shape index (κ2) is 8.43. The molecule has 4 rings (SSSR count). The summed E-state index contributed by atoms with van der Waals surface area (Å²) in [6.45, 7) is 1.84. The Kier molecular flexibility index (Phi) is 5.55. The number of aromatic nitrogens is 1. The van der Waals surface area contributed by atoms with Gasteiger partial charge < -0.3 is 24.1 Å². The van der Waals surface area contributed by atoms with Gasteiger partial charge in [-0.15, -0.1) is 0 Å². The van der Waals surface area contributed by atoms with Crippen molar-refractivity contribution in [2.75, 3.05) is 32.2 Å². The van der Waals surface area contributed by atoms with Crippen LogP contribution in [0.5, 0.6) is 11.5 Å². The molecule has 3 aromatic rings. The highest BCUT2D eigenvalue weighted by Crippen LogP contribution is 2.27. The maximum Gasteiger partial charge on any atom is 0.298 e. The molecular formula is C22H25N3O4. The summed E-state index contributed by atoms with van der Waals surface area (Å²) in [5.41, 5.74) is 2.51. The first-order chi connectivity index (χ1) is 14.2. The van der Waals surface area contributed by atoms with Crippen LogP contribution in [0.1, 0.15) is 18.4 Å². The molecule has 1 aliphatic heterocycles. The number of anilines is 1. The number of amides is 1. The molecule has 152 valence electrons. The molecule has 0 radical (unpaired) electrons. The van der Waals surface area contributed by atoms with Crippen molar-refractivity contribution in [1.29, 1.82) is 0 Å². The fourth-order valence-electron chi connectivity index (χ4n) is 3.68. The van der Waals surface area contributed by atoms with Gasteiger partial charge in [-0.3, -0.25) is 4.79 Å². The maximum absolute atomic E-state index is 12.8. The van der Waals surface area contributed by atoms with Crippen LogP contribution in [0.15, 0.2) is 46.9 Å². The fraction of sp³-hybridized carbons (Fsp3) is 0.364. The lowest BCUT2D eigenvalue weighted by Crippen LogP contribution is -2.43.